The summed E-state index contributed by atoms with van der Waals surface area (Å²) < 4.78 is 0. The number of carbonyl (C=O) groups is 1. The number of aromatic nitrogens is 3. The summed E-state index contributed by atoms with van der Waals surface area (Å²) in [7, 11) is 0. The first-order chi connectivity index (χ1) is 11.7. The van der Waals surface area contributed by atoms with E-state index >= 15 is 0 Å². The summed E-state index contributed by atoms with van der Waals surface area (Å²) in [6.45, 7) is 7.53. The number of carboxylic acid groups (broad SMARTS) is 1. The molecule has 0 amide bonds. The topological polar surface area (TPSA) is 88.2 Å². The SMILES string of the molecule is CC(C(=O)O)c1cc(C(C)(C)C)c(O)cc1-n1nc2ccccc2n1. The highest BCUT2D eigenvalue weighted by atomic mass is 16.4. The first kappa shape index (κ1) is 17.0. The van der Waals surface area contributed by atoms with Gasteiger partial charge in [-0.2, -0.15) is 0 Å². The Morgan fingerprint density at radius 3 is 2.16 bits per heavy atom. The van der Waals surface area contributed by atoms with Crippen LogP contribution in [0.3, 0.4) is 0 Å². The number of hydrogen-bond acceptors (Lipinski definition) is 4. The molecule has 0 aliphatic rings. The maximum atomic E-state index is 11.6. The molecule has 3 aromatic rings. The lowest BCUT2D eigenvalue weighted by atomic mass is 9.83. The van der Waals surface area contributed by atoms with Crippen molar-refractivity contribution in [3.05, 3.63) is 47.5 Å². The lowest BCUT2D eigenvalue weighted by molar-refractivity contribution is -0.138. The molecule has 0 aliphatic heterocycles. The van der Waals surface area contributed by atoms with Crippen molar-refractivity contribution >= 4 is 17.0 Å². The van der Waals surface area contributed by atoms with Crippen molar-refractivity contribution in [3.63, 3.8) is 0 Å². The van der Waals surface area contributed by atoms with E-state index < -0.39 is 11.9 Å². The number of rotatable bonds is 3. The predicted octanol–water partition coefficient (Wildman–Crippen LogP) is 3.61. The van der Waals surface area contributed by atoms with E-state index in [0.717, 1.165) is 0 Å². The highest BCUT2D eigenvalue weighted by Crippen LogP contribution is 2.36. The number of hydrogen-bond donors (Lipinski definition) is 2. The van der Waals surface area contributed by atoms with Crippen LogP contribution in [-0.2, 0) is 10.2 Å². The number of carboxylic acids is 1. The number of phenolic OH excluding ortho intramolecular Hbond substituents is 1. The van der Waals surface area contributed by atoms with Crippen molar-refractivity contribution < 1.29 is 15.0 Å². The molecule has 2 N–H and O–H groups in total. The van der Waals surface area contributed by atoms with Crippen molar-refractivity contribution in [2.75, 3.05) is 0 Å². The Morgan fingerprint density at radius 2 is 1.68 bits per heavy atom. The Bertz CT molecular complexity index is 921. The van der Waals surface area contributed by atoms with E-state index in [9.17, 15) is 15.0 Å². The van der Waals surface area contributed by atoms with E-state index in [2.05, 4.69) is 10.2 Å². The molecule has 3 rings (SSSR count). The number of nitrogens with zero attached hydrogens (tertiary/aromatic N) is 3. The van der Waals surface area contributed by atoms with Gasteiger partial charge in [0.1, 0.15) is 16.8 Å². The lowest BCUT2D eigenvalue weighted by Crippen LogP contribution is -2.17. The highest BCUT2D eigenvalue weighted by molar-refractivity contribution is 5.78. The molecular weight excluding hydrogens is 318 g/mol. The predicted molar refractivity (Wildman–Crippen MR) is 95.3 cm³/mol. The zero-order valence-corrected chi connectivity index (χ0v) is 14.7. The van der Waals surface area contributed by atoms with Crippen LogP contribution in [0.5, 0.6) is 5.75 Å². The molecule has 0 aliphatic carbocycles. The third-order valence-electron chi connectivity index (χ3n) is 4.29. The first-order valence-electron chi connectivity index (χ1n) is 8.11. The molecule has 2 aromatic carbocycles. The van der Waals surface area contributed by atoms with Crippen LogP contribution < -0.4 is 0 Å². The minimum Gasteiger partial charge on any atom is -0.508 e. The molecule has 130 valence electrons. The summed E-state index contributed by atoms with van der Waals surface area (Å²) in [6.07, 6.45) is 0. The largest absolute Gasteiger partial charge is 0.508 e. The van der Waals surface area contributed by atoms with Crippen LogP contribution >= 0.6 is 0 Å². The molecule has 1 unspecified atom stereocenters. The van der Waals surface area contributed by atoms with Gasteiger partial charge in [0.15, 0.2) is 0 Å². The standard InChI is InChI=1S/C19H21N3O3/c1-11(18(24)25)12-9-13(19(2,3)4)17(23)10-16(12)22-20-14-7-5-6-8-15(14)21-22/h5-11,23H,1-4H3,(H,24,25). The highest BCUT2D eigenvalue weighted by Gasteiger charge is 2.26. The van der Waals surface area contributed by atoms with Crippen LogP contribution in [-0.4, -0.2) is 31.2 Å². The number of fused-ring (bicyclic) bond motifs is 1. The van der Waals surface area contributed by atoms with Gasteiger partial charge in [0.05, 0.1) is 11.6 Å². The fourth-order valence-corrected chi connectivity index (χ4v) is 2.82. The summed E-state index contributed by atoms with van der Waals surface area (Å²) >= 11 is 0. The molecule has 0 saturated heterocycles. The Morgan fingerprint density at radius 1 is 1.12 bits per heavy atom. The van der Waals surface area contributed by atoms with Gasteiger partial charge >= 0.3 is 5.97 Å². The molecular formula is C19H21N3O3. The zero-order chi connectivity index (χ0) is 18.4. The molecule has 25 heavy (non-hydrogen) atoms. The number of aliphatic carboxylic acids is 1. The van der Waals surface area contributed by atoms with E-state index in [4.69, 9.17) is 0 Å². The monoisotopic (exact) mass is 339 g/mol. The van der Waals surface area contributed by atoms with Crippen molar-refractivity contribution in [2.45, 2.75) is 39.0 Å². The molecule has 0 bridgehead atoms. The lowest BCUT2D eigenvalue weighted by Gasteiger charge is -2.23. The summed E-state index contributed by atoms with van der Waals surface area (Å²) in [6, 6.07) is 10.7. The fraction of sp³-hybridized carbons (Fsp3) is 0.316. The number of phenols is 1. The van der Waals surface area contributed by atoms with Crippen LogP contribution in [0.15, 0.2) is 36.4 Å². The van der Waals surface area contributed by atoms with Crippen LogP contribution in [0.2, 0.25) is 0 Å². The van der Waals surface area contributed by atoms with E-state index in [1.807, 2.05) is 45.0 Å². The summed E-state index contributed by atoms with van der Waals surface area (Å²) in [5, 5.41) is 28.8. The third kappa shape index (κ3) is 3.07. The zero-order valence-electron chi connectivity index (χ0n) is 14.7. The molecule has 1 heterocycles. The van der Waals surface area contributed by atoms with Gasteiger partial charge in [0, 0.05) is 6.07 Å². The van der Waals surface area contributed by atoms with Crippen LogP contribution in [0.25, 0.3) is 16.7 Å². The van der Waals surface area contributed by atoms with E-state index in [1.165, 1.54) is 4.80 Å². The molecule has 1 aromatic heterocycles. The van der Waals surface area contributed by atoms with E-state index in [1.54, 1.807) is 19.1 Å². The molecule has 0 saturated carbocycles. The number of benzene rings is 2. The van der Waals surface area contributed by atoms with Gasteiger partial charge in [-0.25, -0.2) is 0 Å². The van der Waals surface area contributed by atoms with Gasteiger partial charge in [-0.05, 0) is 41.7 Å². The summed E-state index contributed by atoms with van der Waals surface area (Å²) in [4.78, 5) is 13.0. The second kappa shape index (κ2) is 5.88. The Balaban J connectivity index is 2.27. The van der Waals surface area contributed by atoms with Crippen LogP contribution in [0, 0.1) is 0 Å². The van der Waals surface area contributed by atoms with Gasteiger partial charge in [0.2, 0.25) is 0 Å². The molecule has 6 nitrogen and oxygen atoms in total. The van der Waals surface area contributed by atoms with E-state index in [-0.39, 0.29) is 11.2 Å². The number of aromatic hydroxyl groups is 1. The minimum atomic E-state index is -0.941. The minimum absolute atomic E-state index is 0.102. The van der Waals surface area contributed by atoms with Crippen molar-refractivity contribution in [3.8, 4) is 11.4 Å². The van der Waals surface area contributed by atoms with Crippen LogP contribution in [0.1, 0.15) is 44.7 Å². The third-order valence-corrected chi connectivity index (χ3v) is 4.29. The maximum absolute atomic E-state index is 11.6. The summed E-state index contributed by atoms with van der Waals surface area (Å²) in [5.74, 6) is -1.60. The first-order valence-corrected chi connectivity index (χ1v) is 8.11. The molecule has 0 fully saturated rings. The molecule has 0 radical (unpaired) electrons. The maximum Gasteiger partial charge on any atom is 0.310 e. The van der Waals surface area contributed by atoms with Crippen molar-refractivity contribution in [2.24, 2.45) is 0 Å². The van der Waals surface area contributed by atoms with Gasteiger partial charge in [-0.1, -0.05) is 32.9 Å². The normalized spacial score (nSPS) is 13.1. The van der Waals surface area contributed by atoms with Gasteiger partial charge in [0.25, 0.3) is 0 Å². The smallest absolute Gasteiger partial charge is 0.310 e. The van der Waals surface area contributed by atoms with E-state index in [0.29, 0.717) is 27.8 Å². The molecule has 1 atom stereocenters. The Labute approximate surface area is 145 Å². The molecule has 6 heteroatoms. The van der Waals surface area contributed by atoms with Crippen LogP contribution in [0.4, 0.5) is 0 Å². The van der Waals surface area contributed by atoms with Crippen molar-refractivity contribution in [1.82, 2.24) is 15.0 Å². The second-order valence-corrected chi connectivity index (χ2v) is 7.22. The van der Waals surface area contributed by atoms with Gasteiger partial charge in [-0.15, -0.1) is 15.0 Å². The molecule has 0 spiro atoms. The van der Waals surface area contributed by atoms with Gasteiger partial charge < -0.3 is 10.2 Å². The average Bonchev–Trinajstić information content (AvgIpc) is 2.96. The fourth-order valence-electron chi connectivity index (χ4n) is 2.82. The Kier molecular flexibility index (Phi) is 3.99. The second-order valence-electron chi connectivity index (χ2n) is 7.22. The Hall–Kier alpha value is -2.89. The summed E-state index contributed by atoms with van der Waals surface area (Å²) in [5.41, 5.74) is 2.81. The quantitative estimate of drug-likeness (QED) is 0.761. The van der Waals surface area contributed by atoms with Gasteiger partial charge in [-0.3, -0.25) is 4.79 Å². The average molecular weight is 339 g/mol. The van der Waals surface area contributed by atoms with Crippen molar-refractivity contribution in [1.29, 1.82) is 0 Å².